The molecule has 21 heavy (non-hydrogen) atoms. The molecule has 0 aliphatic rings. The van der Waals surface area contributed by atoms with E-state index in [0.717, 1.165) is 0 Å². The zero-order valence-corrected chi connectivity index (χ0v) is 12.1. The maximum atomic E-state index is 12.2. The third kappa shape index (κ3) is 3.66. The normalized spacial score (nSPS) is 10.0. The first-order chi connectivity index (χ1) is 10.1. The summed E-state index contributed by atoms with van der Waals surface area (Å²) in [6.45, 7) is 2.48. The van der Waals surface area contributed by atoms with Crippen molar-refractivity contribution in [1.29, 1.82) is 0 Å². The van der Waals surface area contributed by atoms with E-state index in [2.05, 4.69) is 5.32 Å². The average Bonchev–Trinajstić information content (AvgIpc) is 2.48. The number of nitrogens with one attached hydrogen (secondary N) is 1. The molecule has 0 radical (unpaired) electrons. The predicted octanol–water partition coefficient (Wildman–Crippen LogP) is 2.93. The molecular weight excluding hydrogens is 268 g/mol. The number of amides is 1. The summed E-state index contributed by atoms with van der Waals surface area (Å²) in [6.07, 6.45) is 0. The lowest BCUT2D eigenvalue weighted by Crippen LogP contribution is -2.12. The largest absolute Gasteiger partial charge is 0.495 e. The van der Waals surface area contributed by atoms with Crippen molar-refractivity contribution in [1.82, 2.24) is 0 Å². The summed E-state index contributed by atoms with van der Waals surface area (Å²) in [5, 5.41) is 2.81. The number of carbonyl (C=O) groups excluding carboxylic acids is 1. The van der Waals surface area contributed by atoms with Gasteiger partial charge in [0, 0.05) is 17.3 Å². The summed E-state index contributed by atoms with van der Waals surface area (Å²) in [5.74, 6) is 0.956. The van der Waals surface area contributed by atoms with Gasteiger partial charge in [-0.2, -0.15) is 0 Å². The number of benzene rings is 2. The quantitative estimate of drug-likeness (QED) is 0.829. The van der Waals surface area contributed by atoms with Crippen molar-refractivity contribution in [3.63, 3.8) is 0 Å². The van der Waals surface area contributed by atoms with Gasteiger partial charge in [0.1, 0.15) is 11.5 Å². The Hall–Kier alpha value is -2.69. The molecule has 0 unspecified atom stereocenters. The first-order valence-corrected chi connectivity index (χ1v) is 6.61. The Morgan fingerprint density at radius 1 is 1.24 bits per heavy atom. The Morgan fingerprint density at radius 3 is 2.76 bits per heavy atom. The lowest BCUT2D eigenvalue weighted by Gasteiger charge is -2.10. The fourth-order valence-electron chi connectivity index (χ4n) is 1.89. The molecule has 0 saturated carbocycles. The Bertz CT molecular complexity index is 641. The van der Waals surface area contributed by atoms with E-state index in [9.17, 15) is 4.79 Å². The second-order valence-corrected chi connectivity index (χ2v) is 4.37. The van der Waals surface area contributed by atoms with Crippen molar-refractivity contribution in [2.75, 3.05) is 24.8 Å². The van der Waals surface area contributed by atoms with E-state index in [1.807, 2.05) is 19.1 Å². The topological polar surface area (TPSA) is 73.6 Å². The minimum Gasteiger partial charge on any atom is -0.495 e. The van der Waals surface area contributed by atoms with Crippen LogP contribution in [0.1, 0.15) is 17.3 Å². The molecule has 3 N–H and O–H groups in total. The Labute approximate surface area is 123 Å². The molecule has 5 nitrogen and oxygen atoms in total. The molecule has 2 aromatic carbocycles. The number of carbonyl (C=O) groups is 1. The van der Waals surface area contributed by atoms with Crippen LogP contribution in [-0.2, 0) is 0 Å². The third-order valence-corrected chi connectivity index (χ3v) is 2.90. The van der Waals surface area contributed by atoms with E-state index in [4.69, 9.17) is 15.2 Å². The van der Waals surface area contributed by atoms with Gasteiger partial charge >= 0.3 is 0 Å². The van der Waals surface area contributed by atoms with Crippen molar-refractivity contribution < 1.29 is 14.3 Å². The Balaban J connectivity index is 2.16. The molecule has 0 aliphatic carbocycles. The number of rotatable bonds is 5. The third-order valence-electron chi connectivity index (χ3n) is 2.90. The zero-order valence-electron chi connectivity index (χ0n) is 12.1. The van der Waals surface area contributed by atoms with Crippen LogP contribution in [0.3, 0.4) is 0 Å². The van der Waals surface area contributed by atoms with Crippen LogP contribution in [0.15, 0.2) is 42.5 Å². The zero-order chi connectivity index (χ0) is 15.2. The van der Waals surface area contributed by atoms with Gasteiger partial charge in [0.15, 0.2) is 0 Å². The van der Waals surface area contributed by atoms with Crippen molar-refractivity contribution in [3.8, 4) is 11.5 Å². The highest BCUT2D eigenvalue weighted by Gasteiger charge is 2.09. The first-order valence-electron chi connectivity index (χ1n) is 6.61. The van der Waals surface area contributed by atoms with E-state index in [1.165, 1.54) is 7.11 Å². The monoisotopic (exact) mass is 286 g/mol. The van der Waals surface area contributed by atoms with Gasteiger partial charge in [-0.3, -0.25) is 4.79 Å². The standard InChI is InChI=1S/C16H18N2O3/c1-3-21-13-6-4-5-12(10-13)18-16(19)11-7-8-14(17)15(9-11)20-2/h4-10H,3,17H2,1-2H3,(H,18,19). The number of ether oxygens (including phenoxy) is 2. The van der Waals surface area contributed by atoms with Gasteiger partial charge in [-0.1, -0.05) is 6.07 Å². The lowest BCUT2D eigenvalue weighted by molar-refractivity contribution is 0.102. The Morgan fingerprint density at radius 2 is 2.05 bits per heavy atom. The summed E-state index contributed by atoms with van der Waals surface area (Å²) in [6, 6.07) is 12.1. The highest BCUT2D eigenvalue weighted by molar-refractivity contribution is 6.04. The highest BCUT2D eigenvalue weighted by Crippen LogP contribution is 2.23. The number of hydrogen-bond acceptors (Lipinski definition) is 4. The van der Waals surface area contributed by atoms with E-state index >= 15 is 0 Å². The van der Waals surface area contributed by atoms with Gasteiger partial charge in [-0.15, -0.1) is 0 Å². The highest BCUT2D eigenvalue weighted by atomic mass is 16.5. The Kier molecular flexibility index (Phi) is 4.66. The number of nitrogens with two attached hydrogens (primary N) is 1. The van der Waals surface area contributed by atoms with Crippen LogP contribution in [0.5, 0.6) is 11.5 Å². The van der Waals surface area contributed by atoms with Gasteiger partial charge < -0.3 is 20.5 Å². The molecular formula is C16H18N2O3. The van der Waals surface area contributed by atoms with Crippen LogP contribution in [0.25, 0.3) is 0 Å². The summed E-state index contributed by atoms with van der Waals surface area (Å²) >= 11 is 0. The molecule has 0 aliphatic heterocycles. The maximum absolute atomic E-state index is 12.2. The number of anilines is 2. The molecule has 0 aromatic heterocycles. The molecule has 5 heteroatoms. The van der Waals surface area contributed by atoms with Crippen LogP contribution < -0.4 is 20.5 Å². The molecule has 2 rings (SSSR count). The summed E-state index contributed by atoms with van der Waals surface area (Å²) in [4.78, 5) is 12.2. The van der Waals surface area contributed by atoms with Crippen LogP contribution in [0.2, 0.25) is 0 Å². The van der Waals surface area contributed by atoms with E-state index in [1.54, 1.807) is 30.3 Å². The molecule has 110 valence electrons. The lowest BCUT2D eigenvalue weighted by atomic mass is 10.1. The minimum absolute atomic E-state index is 0.234. The van der Waals surface area contributed by atoms with Crippen molar-refractivity contribution in [2.24, 2.45) is 0 Å². The van der Waals surface area contributed by atoms with Gasteiger partial charge in [-0.25, -0.2) is 0 Å². The summed E-state index contributed by atoms with van der Waals surface area (Å²) in [7, 11) is 1.51. The second-order valence-electron chi connectivity index (χ2n) is 4.37. The molecule has 1 amide bonds. The molecule has 2 aromatic rings. The molecule has 0 atom stereocenters. The van der Waals surface area contributed by atoms with Crippen LogP contribution in [0.4, 0.5) is 11.4 Å². The van der Waals surface area contributed by atoms with Crippen molar-refractivity contribution in [2.45, 2.75) is 6.92 Å². The molecule has 0 bridgehead atoms. The smallest absolute Gasteiger partial charge is 0.255 e. The van der Waals surface area contributed by atoms with Crippen LogP contribution in [-0.4, -0.2) is 19.6 Å². The fourth-order valence-corrected chi connectivity index (χ4v) is 1.89. The van der Waals surface area contributed by atoms with Gasteiger partial charge in [0.05, 0.1) is 19.4 Å². The number of methoxy groups -OCH3 is 1. The summed E-state index contributed by atoms with van der Waals surface area (Å²) in [5.41, 5.74) is 7.37. The summed E-state index contributed by atoms with van der Waals surface area (Å²) < 4.78 is 10.5. The minimum atomic E-state index is -0.234. The molecule has 0 saturated heterocycles. The molecule has 0 fully saturated rings. The van der Waals surface area contributed by atoms with Gasteiger partial charge in [0.2, 0.25) is 0 Å². The van der Waals surface area contributed by atoms with Crippen LogP contribution in [0, 0.1) is 0 Å². The number of nitrogen functional groups attached to an aromatic ring is 1. The van der Waals surface area contributed by atoms with E-state index in [-0.39, 0.29) is 5.91 Å². The average molecular weight is 286 g/mol. The van der Waals surface area contributed by atoms with Crippen molar-refractivity contribution in [3.05, 3.63) is 48.0 Å². The molecule has 0 spiro atoms. The van der Waals surface area contributed by atoms with Crippen LogP contribution >= 0.6 is 0 Å². The predicted molar refractivity (Wildman–Crippen MR) is 83.0 cm³/mol. The van der Waals surface area contributed by atoms with Crippen molar-refractivity contribution >= 4 is 17.3 Å². The number of hydrogen-bond donors (Lipinski definition) is 2. The fraction of sp³-hybridized carbons (Fsp3) is 0.188. The van der Waals surface area contributed by atoms with Gasteiger partial charge in [0.25, 0.3) is 5.91 Å². The first kappa shape index (κ1) is 14.7. The van der Waals surface area contributed by atoms with Gasteiger partial charge in [-0.05, 0) is 37.3 Å². The second kappa shape index (κ2) is 6.65. The van der Waals surface area contributed by atoms with E-state index in [0.29, 0.717) is 35.0 Å². The molecule has 0 heterocycles. The SMILES string of the molecule is CCOc1cccc(NC(=O)c2ccc(N)c(OC)c2)c1. The maximum Gasteiger partial charge on any atom is 0.255 e. The van der Waals surface area contributed by atoms with E-state index < -0.39 is 0 Å².